The van der Waals surface area contributed by atoms with Crippen LogP contribution in [0.3, 0.4) is 0 Å². The van der Waals surface area contributed by atoms with Crippen LogP contribution >= 0.6 is 0 Å². The lowest BCUT2D eigenvalue weighted by molar-refractivity contribution is 0.522. The van der Waals surface area contributed by atoms with Gasteiger partial charge >= 0.3 is 0 Å². The Morgan fingerprint density at radius 3 is 2.74 bits per heavy atom. The van der Waals surface area contributed by atoms with Crippen LogP contribution in [0.2, 0.25) is 0 Å². The minimum atomic E-state index is -2.87. The highest BCUT2D eigenvalue weighted by Gasteiger charge is 2.19. The molecule has 0 aliphatic heterocycles. The van der Waals surface area contributed by atoms with E-state index in [0.717, 1.165) is 11.6 Å². The summed E-state index contributed by atoms with van der Waals surface area (Å²) in [5, 5.41) is 3.27. The van der Waals surface area contributed by atoms with Gasteiger partial charge in [-0.3, -0.25) is 0 Å². The summed E-state index contributed by atoms with van der Waals surface area (Å²) in [7, 11) is -2.87. The molecule has 0 amide bonds. The van der Waals surface area contributed by atoms with Crippen LogP contribution in [0.25, 0.3) is 0 Å². The summed E-state index contributed by atoms with van der Waals surface area (Å²) in [6.45, 7) is 2.64. The molecular weight excluding hydrogens is 262 g/mol. The first-order valence-corrected chi connectivity index (χ1v) is 8.99. The summed E-state index contributed by atoms with van der Waals surface area (Å²) in [4.78, 5) is 4.49. The van der Waals surface area contributed by atoms with E-state index in [2.05, 4.69) is 21.1 Å². The van der Waals surface area contributed by atoms with E-state index < -0.39 is 9.84 Å². The molecule has 0 atom stereocenters. The molecule has 5 nitrogen and oxygen atoms in total. The number of nitrogens with one attached hydrogen (secondary N) is 1. The summed E-state index contributed by atoms with van der Waals surface area (Å²) in [6.07, 6.45) is 8.99. The molecule has 108 valence electrons. The molecule has 0 saturated heterocycles. The Labute approximate surface area is 115 Å². The Balaban J connectivity index is 1.92. The van der Waals surface area contributed by atoms with E-state index in [1.54, 1.807) is 0 Å². The smallest absolute Gasteiger partial charge is 0.203 e. The summed E-state index contributed by atoms with van der Waals surface area (Å²) < 4.78 is 24.4. The predicted molar refractivity (Wildman–Crippen MR) is 77.3 cm³/mol. The van der Waals surface area contributed by atoms with Gasteiger partial charge in [-0.1, -0.05) is 12.8 Å². The van der Waals surface area contributed by atoms with Gasteiger partial charge in [-0.2, -0.15) is 0 Å². The number of aryl methyl sites for hydroxylation is 1. The topological polar surface area (TPSA) is 64.0 Å². The highest BCUT2D eigenvalue weighted by Crippen LogP contribution is 2.31. The van der Waals surface area contributed by atoms with Crippen LogP contribution in [0.1, 0.15) is 43.8 Å². The van der Waals surface area contributed by atoms with Crippen LogP contribution < -0.4 is 5.32 Å². The zero-order chi connectivity index (χ0) is 13.9. The highest BCUT2D eigenvalue weighted by atomic mass is 32.2. The van der Waals surface area contributed by atoms with Gasteiger partial charge in [0.15, 0.2) is 0 Å². The fourth-order valence-electron chi connectivity index (χ4n) is 2.64. The summed E-state index contributed by atoms with van der Waals surface area (Å²) in [5.41, 5.74) is 1.01. The van der Waals surface area contributed by atoms with E-state index in [4.69, 9.17) is 0 Å². The molecular formula is C13H23N3O2S. The molecule has 1 heterocycles. The Hall–Kier alpha value is -1.04. The van der Waals surface area contributed by atoms with E-state index in [0.29, 0.717) is 19.0 Å². The number of hydrogen-bond donors (Lipinski definition) is 1. The third kappa shape index (κ3) is 4.23. The summed E-state index contributed by atoms with van der Waals surface area (Å²) in [5.74, 6) is 1.11. The van der Waals surface area contributed by atoms with Gasteiger partial charge in [-0.25, -0.2) is 13.4 Å². The zero-order valence-corrected chi connectivity index (χ0v) is 12.5. The molecule has 1 aromatic rings. The van der Waals surface area contributed by atoms with Crippen molar-refractivity contribution in [3.63, 3.8) is 0 Å². The number of anilines is 1. The lowest BCUT2D eigenvalue weighted by atomic mass is 10.2. The third-order valence-corrected chi connectivity index (χ3v) is 4.58. The Bertz CT molecular complexity index is 516. The van der Waals surface area contributed by atoms with Gasteiger partial charge in [0.2, 0.25) is 5.95 Å². The fraction of sp³-hybridized carbons (Fsp3) is 0.769. The molecule has 1 aromatic heterocycles. The third-order valence-electron chi connectivity index (χ3n) is 3.55. The van der Waals surface area contributed by atoms with E-state index in [-0.39, 0.29) is 5.75 Å². The maximum atomic E-state index is 11.1. The zero-order valence-electron chi connectivity index (χ0n) is 11.7. The van der Waals surface area contributed by atoms with E-state index in [1.807, 2.05) is 6.92 Å². The standard InChI is InChI=1S/C13H23N3O2S/c1-11-10-16(12-6-3-4-7-12)13(15-11)14-8-5-9-19(2,17)18/h10,12H,3-9H2,1-2H3,(H,14,15). The molecule has 19 heavy (non-hydrogen) atoms. The molecule has 6 heteroatoms. The molecule has 0 spiro atoms. The Morgan fingerprint density at radius 1 is 1.42 bits per heavy atom. The largest absolute Gasteiger partial charge is 0.356 e. The molecule has 0 bridgehead atoms. The average molecular weight is 285 g/mol. The van der Waals surface area contributed by atoms with Crippen LogP contribution in [0.4, 0.5) is 5.95 Å². The Kier molecular flexibility index (Phi) is 4.50. The molecule has 1 aliphatic rings. The average Bonchev–Trinajstić information content (AvgIpc) is 2.91. The van der Waals surface area contributed by atoms with Crippen molar-refractivity contribution in [2.75, 3.05) is 23.9 Å². The highest BCUT2D eigenvalue weighted by molar-refractivity contribution is 7.90. The molecule has 2 rings (SSSR count). The minimum Gasteiger partial charge on any atom is -0.356 e. The fourth-order valence-corrected chi connectivity index (χ4v) is 3.31. The number of aromatic nitrogens is 2. The first-order valence-electron chi connectivity index (χ1n) is 6.93. The van der Waals surface area contributed by atoms with Crippen molar-refractivity contribution < 1.29 is 8.42 Å². The van der Waals surface area contributed by atoms with Crippen molar-refractivity contribution in [1.29, 1.82) is 0 Å². The molecule has 1 aliphatic carbocycles. The quantitative estimate of drug-likeness (QED) is 0.813. The van der Waals surface area contributed by atoms with Crippen molar-refractivity contribution >= 4 is 15.8 Å². The second kappa shape index (κ2) is 5.94. The molecule has 1 saturated carbocycles. The van der Waals surface area contributed by atoms with E-state index >= 15 is 0 Å². The lowest BCUT2D eigenvalue weighted by Gasteiger charge is -2.15. The van der Waals surface area contributed by atoms with Crippen LogP contribution in [0.15, 0.2) is 6.20 Å². The van der Waals surface area contributed by atoms with Gasteiger partial charge < -0.3 is 9.88 Å². The second-order valence-electron chi connectivity index (χ2n) is 5.46. The van der Waals surface area contributed by atoms with E-state index in [9.17, 15) is 8.42 Å². The SMILES string of the molecule is Cc1cn(C2CCCC2)c(NCCCS(C)(=O)=O)n1. The Morgan fingerprint density at radius 2 is 2.11 bits per heavy atom. The molecule has 0 unspecified atom stereocenters. The monoisotopic (exact) mass is 285 g/mol. The number of hydrogen-bond acceptors (Lipinski definition) is 4. The number of imidazole rings is 1. The van der Waals surface area contributed by atoms with Crippen molar-refractivity contribution in [3.05, 3.63) is 11.9 Å². The molecule has 0 aromatic carbocycles. The van der Waals surface area contributed by atoms with Crippen LogP contribution in [-0.4, -0.2) is 36.5 Å². The van der Waals surface area contributed by atoms with Crippen molar-refractivity contribution in [1.82, 2.24) is 9.55 Å². The lowest BCUT2D eigenvalue weighted by Crippen LogP contribution is -2.14. The number of rotatable bonds is 6. The summed E-state index contributed by atoms with van der Waals surface area (Å²) >= 11 is 0. The van der Waals surface area contributed by atoms with Crippen LogP contribution in [0.5, 0.6) is 0 Å². The molecule has 0 radical (unpaired) electrons. The maximum absolute atomic E-state index is 11.1. The normalized spacial score (nSPS) is 16.9. The second-order valence-corrected chi connectivity index (χ2v) is 7.72. The summed E-state index contributed by atoms with van der Waals surface area (Å²) in [6, 6.07) is 0.554. The van der Waals surface area contributed by atoms with Crippen LogP contribution in [0, 0.1) is 6.92 Å². The molecule has 1 fully saturated rings. The number of sulfone groups is 1. The number of nitrogens with zero attached hydrogens (tertiary/aromatic N) is 2. The van der Waals surface area contributed by atoms with Crippen molar-refractivity contribution in [2.45, 2.75) is 45.1 Å². The first kappa shape index (κ1) is 14.4. The van der Waals surface area contributed by atoms with Crippen molar-refractivity contribution in [2.24, 2.45) is 0 Å². The van der Waals surface area contributed by atoms with Gasteiger partial charge in [0.1, 0.15) is 9.84 Å². The van der Waals surface area contributed by atoms with Crippen molar-refractivity contribution in [3.8, 4) is 0 Å². The van der Waals surface area contributed by atoms with Gasteiger partial charge in [-0.15, -0.1) is 0 Å². The molecule has 1 N–H and O–H groups in total. The van der Waals surface area contributed by atoms with Gasteiger partial charge in [0.05, 0.1) is 11.4 Å². The van der Waals surface area contributed by atoms with Crippen LogP contribution in [-0.2, 0) is 9.84 Å². The maximum Gasteiger partial charge on any atom is 0.203 e. The first-order chi connectivity index (χ1) is 8.96. The van der Waals surface area contributed by atoms with E-state index in [1.165, 1.54) is 31.9 Å². The van der Waals surface area contributed by atoms with Gasteiger partial charge in [0, 0.05) is 25.0 Å². The van der Waals surface area contributed by atoms with Gasteiger partial charge in [-0.05, 0) is 26.2 Å². The predicted octanol–water partition coefficient (Wildman–Crippen LogP) is 2.15. The van der Waals surface area contributed by atoms with Gasteiger partial charge in [0.25, 0.3) is 0 Å². The minimum absolute atomic E-state index is 0.225.